The summed E-state index contributed by atoms with van der Waals surface area (Å²) >= 11 is 0. The van der Waals surface area contributed by atoms with E-state index >= 15 is 0 Å². The van der Waals surface area contributed by atoms with Crippen molar-refractivity contribution in [2.45, 2.75) is 12.5 Å². The van der Waals surface area contributed by atoms with Crippen molar-refractivity contribution in [3.8, 4) is 11.5 Å². The van der Waals surface area contributed by atoms with Gasteiger partial charge in [-0.05, 0) is 29.8 Å². The van der Waals surface area contributed by atoms with Crippen LogP contribution >= 0.6 is 0 Å². The molecule has 2 aromatic rings. The normalized spacial score (nSPS) is 11.6. The fourth-order valence-electron chi connectivity index (χ4n) is 2.21. The minimum absolute atomic E-state index is 0.0690. The summed E-state index contributed by atoms with van der Waals surface area (Å²) in [5.74, 6) is -2.78. The first-order chi connectivity index (χ1) is 13.2. The predicted molar refractivity (Wildman–Crippen MR) is 91.3 cm³/mol. The second kappa shape index (κ2) is 8.55. The Labute approximate surface area is 156 Å². The zero-order chi connectivity index (χ0) is 20.9. The zero-order valence-corrected chi connectivity index (χ0v) is 14.4. The largest absolute Gasteiger partial charge is 0.493 e. The maximum atomic E-state index is 13.2. The van der Waals surface area contributed by atoms with E-state index in [0.717, 1.165) is 19.3 Å². The van der Waals surface area contributed by atoms with Gasteiger partial charge in [0.15, 0.2) is 17.3 Å². The van der Waals surface area contributed by atoms with E-state index in [-0.39, 0.29) is 22.4 Å². The molecule has 2 aromatic carbocycles. The van der Waals surface area contributed by atoms with Gasteiger partial charge in [-0.25, -0.2) is 4.79 Å². The molecule has 0 saturated heterocycles. The minimum Gasteiger partial charge on any atom is -0.493 e. The third kappa shape index (κ3) is 4.87. The van der Waals surface area contributed by atoms with Crippen LogP contribution in [0.5, 0.6) is 11.5 Å². The van der Waals surface area contributed by atoms with Crippen molar-refractivity contribution in [1.29, 1.82) is 0 Å². The second-order valence-corrected chi connectivity index (χ2v) is 5.42. The van der Waals surface area contributed by atoms with E-state index in [4.69, 9.17) is 9.84 Å². The van der Waals surface area contributed by atoms with Crippen LogP contribution in [0.3, 0.4) is 0 Å². The number of alkyl halides is 4. The monoisotopic (exact) mass is 398 g/mol. The standard InChI is InChI=1S/C19H14F4O5/c1-27-15-9-7-11(10-16(15)28-19(22,23)18(20)21)6-8-14(24)12-4-2-3-5-13(12)17(25)26/h2-10,18H,1H3,(H,25,26)/b8-6+. The highest BCUT2D eigenvalue weighted by atomic mass is 19.3. The average molecular weight is 398 g/mol. The lowest BCUT2D eigenvalue weighted by molar-refractivity contribution is -0.253. The molecular formula is C19H14F4O5. The Hall–Kier alpha value is -3.36. The zero-order valence-electron chi connectivity index (χ0n) is 14.4. The van der Waals surface area contributed by atoms with Crippen molar-refractivity contribution in [3.05, 3.63) is 65.2 Å². The van der Waals surface area contributed by atoms with Gasteiger partial charge in [-0.2, -0.15) is 17.6 Å². The van der Waals surface area contributed by atoms with Gasteiger partial charge in [-0.3, -0.25) is 4.79 Å². The van der Waals surface area contributed by atoms with Crippen molar-refractivity contribution in [1.82, 2.24) is 0 Å². The van der Waals surface area contributed by atoms with E-state index in [1.54, 1.807) is 0 Å². The molecule has 9 heteroatoms. The molecule has 5 nitrogen and oxygen atoms in total. The van der Waals surface area contributed by atoms with Gasteiger partial charge in [0, 0.05) is 5.56 Å². The topological polar surface area (TPSA) is 72.8 Å². The van der Waals surface area contributed by atoms with E-state index in [1.165, 1.54) is 42.5 Å². The van der Waals surface area contributed by atoms with Crippen LogP contribution in [0.4, 0.5) is 17.6 Å². The maximum Gasteiger partial charge on any atom is 0.461 e. The number of aromatic carboxylic acids is 1. The molecule has 2 rings (SSSR count). The van der Waals surface area contributed by atoms with E-state index in [0.29, 0.717) is 0 Å². The predicted octanol–water partition coefficient (Wildman–Crippen LogP) is 4.53. The van der Waals surface area contributed by atoms with Crippen molar-refractivity contribution in [3.63, 3.8) is 0 Å². The molecule has 0 unspecified atom stereocenters. The Balaban J connectivity index is 2.30. The number of allylic oxidation sites excluding steroid dienone is 1. The highest BCUT2D eigenvalue weighted by Crippen LogP contribution is 2.35. The summed E-state index contributed by atoms with van der Waals surface area (Å²) < 4.78 is 59.9. The smallest absolute Gasteiger partial charge is 0.461 e. The van der Waals surface area contributed by atoms with Gasteiger partial charge in [0.1, 0.15) is 0 Å². The molecule has 0 bridgehead atoms. The summed E-state index contributed by atoms with van der Waals surface area (Å²) in [5.41, 5.74) is -0.102. The summed E-state index contributed by atoms with van der Waals surface area (Å²) in [6.07, 6.45) is -6.55. The van der Waals surface area contributed by atoms with Crippen LogP contribution in [-0.4, -0.2) is 36.5 Å². The lowest BCUT2D eigenvalue weighted by atomic mass is 10.0. The number of carboxylic acid groups (broad SMARTS) is 1. The van der Waals surface area contributed by atoms with Crippen LogP contribution in [0.25, 0.3) is 6.08 Å². The Bertz CT molecular complexity index is 909. The van der Waals surface area contributed by atoms with Crippen LogP contribution in [0.2, 0.25) is 0 Å². The van der Waals surface area contributed by atoms with Gasteiger partial charge in [0.25, 0.3) is 0 Å². The molecule has 0 fully saturated rings. The molecule has 0 aromatic heterocycles. The number of methoxy groups -OCH3 is 1. The molecule has 0 atom stereocenters. The van der Waals surface area contributed by atoms with Crippen LogP contribution < -0.4 is 9.47 Å². The van der Waals surface area contributed by atoms with Crippen LogP contribution in [0.1, 0.15) is 26.3 Å². The second-order valence-electron chi connectivity index (χ2n) is 5.42. The highest BCUT2D eigenvalue weighted by molar-refractivity contribution is 6.12. The number of benzene rings is 2. The molecule has 0 spiro atoms. The molecule has 28 heavy (non-hydrogen) atoms. The van der Waals surface area contributed by atoms with Gasteiger partial charge in [-0.15, -0.1) is 0 Å². The van der Waals surface area contributed by atoms with Gasteiger partial charge in [-0.1, -0.05) is 30.3 Å². The molecule has 148 valence electrons. The van der Waals surface area contributed by atoms with E-state index in [1.807, 2.05) is 0 Å². The van der Waals surface area contributed by atoms with E-state index in [2.05, 4.69) is 4.74 Å². The molecular weight excluding hydrogens is 384 g/mol. The molecule has 0 amide bonds. The number of halogens is 4. The van der Waals surface area contributed by atoms with E-state index in [9.17, 15) is 27.2 Å². The number of carbonyl (C=O) groups is 2. The fraction of sp³-hybridized carbons (Fsp3) is 0.158. The number of hydrogen-bond donors (Lipinski definition) is 1. The van der Waals surface area contributed by atoms with Gasteiger partial charge < -0.3 is 14.6 Å². The summed E-state index contributed by atoms with van der Waals surface area (Å²) in [4.78, 5) is 23.4. The third-order valence-electron chi connectivity index (χ3n) is 3.54. The van der Waals surface area contributed by atoms with Gasteiger partial charge >= 0.3 is 18.5 Å². The van der Waals surface area contributed by atoms with Gasteiger partial charge in [0.05, 0.1) is 12.7 Å². The van der Waals surface area contributed by atoms with Crippen LogP contribution in [0, 0.1) is 0 Å². The minimum atomic E-state index is -4.73. The molecule has 0 heterocycles. The third-order valence-corrected chi connectivity index (χ3v) is 3.54. The van der Waals surface area contributed by atoms with Crippen molar-refractivity contribution < 1.29 is 41.7 Å². The molecule has 0 aliphatic carbocycles. The Morgan fingerprint density at radius 2 is 1.71 bits per heavy atom. The number of hydrogen-bond acceptors (Lipinski definition) is 4. The highest BCUT2D eigenvalue weighted by Gasteiger charge is 2.44. The number of carboxylic acids is 1. The summed E-state index contributed by atoms with van der Waals surface area (Å²) in [7, 11) is 1.14. The molecule has 0 saturated carbocycles. The summed E-state index contributed by atoms with van der Waals surface area (Å²) in [5, 5.41) is 9.11. The maximum absolute atomic E-state index is 13.2. The van der Waals surface area contributed by atoms with Crippen molar-refractivity contribution in [2.24, 2.45) is 0 Å². The average Bonchev–Trinajstić information content (AvgIpc) is 2.65. The first kappa shape index (κ1) is 20.9. The fourth-order valence-corrected chi connectivity index (χ4v) is 2.21. The molecule has 1 N–H and O–H groups in total. The van der Waals surface area contributed by atoms with Gasteiger partial charge in [0.2, 0.25) is 0 Å². The van der Waals surface area contributed by atoms with Crippen LogP contribution in [0.15, 0.2) is 48.5 Å². The Morgan fingerprint density at radius 3 is 2.29 bits per heavy atom. The number of rotatable bonds is 8. The first-order valence-electron chi connectivity index (χ1n) is 7.73. The van der Waals surface area contributed by atoms with Crippen LogP contribution in [-0.2, 0) is 0 Å². The molecule has 0 aliphatic rings. The quantitative estimate of drug-likeness (QED) is 0.402. The Kier molecular flexibility index (Phi) is 6.40. The van der Waals surface area contributed by atoms with E-state index < -0.39 is 30.0 Å². The number of ether oxygens (including phenoxy) is 2. The number of carbonyl (C=O) groups excluding carboxylic acids is 1. The Morgan fingerprint density at radius 1 is 1.07 bits per heavy atom. The lowest BCUT2D eigenvalue weighted by Gasteiger charge is -2.18. The summed E-state index contributed by atoms with van der Waals surface area (Å²) in [6, 6.07) is 9.09. The molecule has 0 radical (unpaired) electrons. The van der Waals surface area contributed by atoms with Crippen molar-refractivity contribution in [2.75, 3.05) is 7.11 Å². The lowest BCUT2D eigenvalue weighted by Crippen LogP contribution is -2.33. The molecule has 0 aliphatic heterocycles. The SMILES string of the molecule is COc1ccc(/C=C/C(=O)c2ccccc2C(=O)O)cc1OC(F)(F)C(F)F. The first-order valence-corrected chi connectivity index (χ1v) is 7.73. The number of ketones is 1. The van der Waals surface area contributed by atoms with Crippen molar-refractivity contribution >= 4 is 17.8 Å². The summed E-state index contributed by atoms with van der Waals surface area (Å²) in [6.45, 7) is 0.